The van der Waals surface area contributed by atoms with Crippen LogP contribution < -0.4 is 0 Å². The van der Waals surface area contributed by atoms with Crippen LogP contribution in [0.5, 0.6) is 0 Å². The fraction of sp³-hybridized carbons (Fsp3) is 0.957. The number of carbonyl (C=O) groups is 1. The Hall–Kier alpha value is -0.530. The third kappa shape index (κ3) is 4.80. The minimum atomic E-state index is 0.120. The Labute approximate surface area is 155 Å². The number of rotatable bonds is 3. The van der Waals surface area contributed by atoms with E-state index in [1.54, 1.807) is 0 Å². The van der Waals surface area contributed by atoms with Gasteiger partial charge < -0.3 is 4.74 Å². The first-order valence-electron chi connectivity index (χ1n) is 11.1. The third-order valence-corrected chi connectivity index (χ3v) is 8.18. The van der Waals surface area contributed by atoms with Crippen LogP contribution in [0.1, 0.15) is 91.9 Å². The first kappa shape index (κ1) is 19.2. The largest absolute Gasteiger partial charge is 0.462 e. The fourth-order valence-corrected chi connectivity index (χ4v) is 5.86. The summed E-state index contributed by atoms with van der Waals surface area (Å²) in [6.07, 6.45) is 12.7. The van der Waals surface area contributed by atoms with Crippen LogP contribution >= 0.6 is 0 Å². The molecule has 2 heteroatoms. The molecule has 0 radical (unpaired) electrons. The molecule has 0 aromatic carbocycles. The maximum atomic E-state index is 12.7. The van der Waals surface area contributed by atoms with Crippen molar-refractivity contribution in [2.24, 2.45) is 41.4 Å². The van der Waals surface area contributed by atoms with Crippen LogP contribution in [0, 0.1) is 41.4 Å². The molecule has 0 spiro atoms. The Bertz CT molecular complexity index is 417. The van der Waals surface area contributed by atoms with Gasteiger partial charge in [0.25, 0.3) is 0 Å². The summed E-state index contributed by atoms with van der Waals surface area (Å²) in [5.41, 5.74) is 0. The van der Waals surface area contributed by atoms with Gasteiger partial charge in [0.2, 0.25) is 0 Å². The van der Waals surface area contributed by atoms with Gasteiger partial charge in [0.05, 0.1) is 5.92 Å². The van der Waals surface area contributed by atoms with E-state index in [1.807, 2.05) is 0 Å². The van der Waals surface area contributed by atoms with Crippen molar-refractivity contribution in [3.63, 3.8) is 0 Å². The van der Waals surface area contributed by atoms with E-state index in [1.165, 1.54) is 38.5 Å². The molecule has 0 N–H and O–H groups in total. The summed E-state index contributed by atoms with van der Waals surface area (Å²) < 4.78 is 5.98. The summed E-state index contributed by atoms with van der Waals surface area (Å²) in [6.45, 7) is 9.38. The first-order chi connectivity index (χ1) is 11.9. The van der Waals surface area contributed by atoms with Crippen molar-refractivity contribution in [1.29, 1.82) is 0 Å². The second-order valence-electron chi connectivity index (χ2n) is 9.98. The van der Waals surface area contributed by atoms with Gasteiger partial charge >= 0.3 is 5.97 Å². The SMILES string of the molecule is CC1CCC(C2CCC(C(=O)OC3CC(C)C(C)C(C)C3)CC2)CC1. The van der Waals surface area contributed by atoms with E-state index < -0.39 is 0 Å². The molecule has 0 bridgehead atoms. The van der Waals surface area contributed by atoms with E-state index in [-0.39, 0.29) is 18.0 Å². The van der Waals surface area contributed by atoms with Gasteiger partial charge in [-0.25, -0.2) is 0 Å². The highest BCUT2D eigenvalue weighted by atomic mass is 16.5. The number of esters is 1. The van der Waals surface area contributed by atoms with Crippen molar-refractivity contribution in [3.8, 4) is 0 Å². The lowest BCUT2D eigenvalue weighted by Crippen LogP contribution is -2.36. The van der Waals surface area contributed by atoms with E-state index in [4.69, 9.17) is 4.74 Å². The van der Waals surface area contributed by atoms with Crippen molar-refractivity contribution >= 4 is 5.97 Å². The average Bonchev–Trinajstić information content (AvgIpc) is 2.60. The van der Waals surface area contributed by atoms with Crippen LogP contribution in [-0.4, -0.2) is 12.1 Å². The normalized spacial score (nSPS) is 45.8. The number of ether oxygens (including phenoxy) is 1. The predicted octanol–water partition coefficient (Wildman–Crippen LogP) is 6.23. The summed E-state index contributed by atoms with van der Waals surface area (Å²) in [7, 11) is 0. The molecule has 2 unspecified atom stereocenters. The van der Waals surface area contributed by atoms with E-state index >= 15 is 0 Å². The van der Waals surface area contributed by atoms with Gasteiger partial charge in [-0.15, -0.1) is 0 Å². The topological polar surface area (TPSA) is 26.3 Å². The van der Waals surface area contributed by atoms with E-state index in [9.17, 15) is 4.79 Å². The smallest absolute Gasteiger partial charge is 0.309 e. The zero-order valence-corrected chi connectivity index (χ0v) is 17.0. The summed E-state index contributed by atoms with van der Waals surface area (Å²) in [5.74, 6) is 5.16. The molecule has 0 saturated heterocycles. The van der Waals surface area contributed by atoms with E-state index in [0.717, 1.165) is 49.4 Å². The summed E-state index contributed by atoms with van der Waals surface area (Å²) in [6, 6.07) is 0. The van der Waals surface area contributed by atoms with Gasteiger partial charge in [0.15, 0.2) is 0 Å². The quantitative estimate of drug-likeness (QED) is 0.565. The monoisotopic (exact) mass is 348 g/mol. The Morgan fingerprint density at radius 2 is 1.20 bits per heavy atom. The molecule has 0 aliphatic heterocycles. The lowest BCUT2D eigenvalue weighted by atomic mass is 9.69. The van der Waals surface area contributed by atoms with Crippen LogP contribution in [0.15, 0.2) is 0 Å². The minimum Gasteiger partial charge on any atom is -0.462 e. The highest BCUT2D eigenvalue weighted by Crippen LogP contribution is 2.42. The second kappa shape index (κ2) is 8.44. The molecule has 3 aliphatic rings. The number of hydrogen-bond donors (Lipinski definition) is 0. The van der Waals surface area contributed by atoms with Gasteiger partial charge in [-0.3, -0.25) is 4.79 Å². The molecule has 2 nitrogen and oxygen atoms in total. The second-order valence-corrected chi connectivity index (χ2v) is 9.98. The molecular formula is C23H40O2. The molecule has 2 atom stereocenters. The molecule has 3 rings (SSSR count). The highest BCUT2D eigenvalue weighted by Gasteiger charge is 2.36. The molecule has 3 saturated carbocycles. The maximum Gasteiger partial charge on any atom is 0.309 e. The predicted molar refractivity (Wildman–Crippen MR) is 103 cm³/mol. The summed E-state index contributed by atoms with van der Waals surface area (Å²) in [5, 5.41) is 0. The Kier molecular flexibility index (Phi) is 6.49. The average molecular weight is 349 g/mol. The van der Waals surface area contributed by atoms with Crippen molar-refractivity contribution in [3.05, 3.63) is 0 Å². The highest BCUT2D eigenvalue weighted by molar-refractivity contribution is 5.72. The van der Waals surface area contributed by atoms with Gasteiger partial charge in [-0.05, 0) is 86.9 Å². The maximum absolute atomic E-state index is 12.7. The van der Waals surface area contributed by atoms with Crippen LogP contribution in [0.3, 0.4) is 0 Å². The van der Waals surface area contributed by atoms with Gasteiger partial charge in [-0.2, -0.15) is 0 Å². The Morgan fingerprint density at radius 1 is 0.720 bits per heavy atom. The van der Waals surface area contributed by atoms with Crippen molar-refractivity contribution in [2.45, 2.75) is 98.0 Å². The van der Waals surface area contributed by atoms with Crippen LogP contribution in [0.2, 0.25) is 0 Å². The fourth-order valence-electron chi connectivity index (χ4n) is 5.86. The van der Waals surface area contributed by atoms with Crippen molar-refractivity contribution in [1.82, 2.24) is 0 Å². The molecule has 3 aliphatic carbocycles. The standard InChI is InChI=1S/C23H40O2/c1-15-5-7-19(8-6-15)20-9-11-21(12-10-20)23(24)25-22-13-16(2)18(4)17(3)14-22/h15-22H,5-14H2,1-4H3. The molecule has 0 aromatic heterocycles. The minimum absolute atomic E-state index is 0.120. The molecule has 25 heavy (non-hydrogen) atoms. The molecule has 0 aromatic rings. The van der Waals surface area contributed by atoms with Crippen LogP contribution in [0.4, 0.5) is 0 Å². The zero-order valence-electron chi connectivity index (χ0n) is 17.0. The zero-order chi connectivity index (χ0) is 18.0. The summed E-state index contributed by atoms with van der Waals surface area (Å²) >= 11 is 0. The molecule has 0 amide bonds. The van der Waals surface area contributed by atoms with Crippen LogP contribution in [0.25, 0.3) is 0 Å². The van der Waals surface area contributed by atoms with Gasteiger partial charge in [0.1, 0.15) is 6.10 Å². The van der Waals surface area contributed by atoms with E-state index in [2.05, 4.69) is 27.7 Å². The summed E-state index contributed by atoms with van der Waals surface area (Å²) in [4.78, 5) is 12.7. The van der Waals surface area contributed by atoms with E-state index in [0.29, 0.717) is 11.8 Å². The lowest BCUT2D eigenvalue weighted by Gasteiger charge is -2.39. The first-order valence-corrected chi connectivity index (χ1v) is 11.1. The lowest BCUT2D eigenvalue weighted by molar-refractivity contribution is -0.159. The van der Waals surface area contributed by atoms with Crippen LogP contribution in [-0.2, 0) is 9.53 Å². The Balaban J connectivity index is 1.42. The molecule has 144 valence electrons. The van der Waals surface area contributed by atoms with Crippen molar-refractivity contribution in [2.75, 3.05) is 0 Å². The Morgan fingerprint density at radius 3 is 1.72 bits per heavy atom. The van der Waals surface area contributed by atoms with Gasteiger partial charge in [0, 0.05) is 0 Å². The number of hydrogen-bond acceptors (Lipinski definition) is 2. The molecule has 0 heterocycles. The molecular weight excluding hydrogens is 308 g/mol. The third-order valence-electron chi connectivity index (χ3n) is 8.18. The number of carbonyl (C=O) groups excluding carboxylic acids is 1. The van der Waals surface area contributed by atoms with Gasteiger partial charge in [-0.1, -0.05) is 40.5 Å². The molecule has 3 fully saturated rings. The van der Waals surface area contributed by atoms with Crippen molar-refractivity contribution < 1.29 is 9.53 Å².